The molecule has 0 atom stereocenters. The molecule has 1 fully saturated rings. The van der Waals surface area contributed by atoms with E-state index in [-0.39, 0.29) is 5.82 Å². The van der Waals surface area contributed by atoms with Gasteiger partial charge in [0.1, 0.15) is 23.9 Å². The van der Waals surface area contributed by atoms with Crippen molar-refractivity contribution in [1.29, 1.82) is 0 Å². The number of nitrogens with zero attached hydrogens (tertiary/aromatic N) is 5. The van der Waals surface area contributed by atoms with Gasteiger partial charge in [-0.1, -0.05) is 19.0 Å². The number of aromatic nitrogens is 5. The van der Waals surface area contributed by atoms with Gasteiger partial charge in [0.05, 0.1) is 19.8 Å². The zero-order valence-corrected chi connectivity index (χ0v) is 21.4. The number of nitrogens with one attached hydrogen (secondary N) is 3. The van der Waals surface area contributed by atoms with Crippen molar-refractivity contribution in [2.24, 2.45) is 0 Å². The molecule has 0 bridgehead atoms. The average Bonchev–Trinajstić information content (AvgIpc) is 3.59. The third kappa shape index (κ3) is 6.84. The van der Waals surface area contributed by atoms with Crippen LogP contribution in [-0.4, -0.2) is 69.7 Å². The zero-order valence-electron chi connectivity index (χ0n) is 21.4. The van der Waals surface area contributed by atoms with E-state index < -0.39 is 0 Å². The number of hydrogen-bond acceptors (Lipinski definition) is 10. The average molecular weight is 523 g/mol. The lowest BCUT2D eigenvalue weighted by molar-refractivity contribution is 0.0320. The van der Waals surface area contributed by atoms with Crippen LogP contribution >= 0.6 is 0 Å². The Balaban J connectivity index is 1.27. The van der Waals surface area contributed by atoms with E-state index in [1.807, 2.05) is 6.07 Å². The summed E-state index contributed by atoms with van der Waals surface area (Å²) in [6.45, 7) is 9.00. The second-order valence-electron chi connectivity index (χ2n) is 9.24. The van der Waals surface area contributed by atoms with Crippen molar-refractivity contribution in [3.8, 4) is 17.1 Å². The molecule has 3 N–H and O–H groups in total. The molecule has 3 aromatic heterocycles. The third-order valence-electron chi connectivity index (χ3n) is 6.06. The van der Waals surface area contributed by atoms with Crippen molar-refractivity contribution in [3.05, 3.63) is 59.7 Å². The fourth-order valence-corrected chi connectivity index (χ4v) is 3.89. The Labute approximate surface area is 219 Å². The summed E-state index contributed by atoms with van der Waals surface area (Å²) in [7, 11) is 0. The molecule has 200 valence electrons. The van der Waals surface area contributed by atoms with Crippen LogP contribution in [0.15, 0.2) is 47.0 Å². The maximum absolute atomic E-state index is 13.2. The SMILES string of the molecule is CC(C)c1cc(Nc2cc(OCCN3CCOCC3)nc(NCc3cc(-c4ccc(F)cc4)no3)n2)n[nH]1. The van der Waals surface area contributed by atoms with Gasteiger partial charge in [-0.15, -0.1) is 0 Å². The molecule has 4 aromatic rings. The molecule has 5 rings (SSSR count). The van der Waals surface area contributed by atoms with E-state index in [1.54, 1.807) is 24.3 Å². The molecule has 0 aliphatic carbocycles. The standard InChI is InChI=1S/C26H31FN8O3/c1-17(2)21-14-24(33-32-21)29-23-15-25(37-12-9-35-7-10-36-11-8-35)31-26(30-23)28-16-20-13-22(34-38-20)18-3-5-19(27)6-4-18/h3-6,13-15,17H,7-12,16H2,1-2H3,(H3,28,29,30,31,32,33). The lowest BCUT2D eigenvalue weighted by Gasteiger charge is -2.26. The molecule has 0 radical (unpaired) electrons. The van der Waals surface area contributed by atoms with Crippen LogP contribution in [0.5, 0.6) is 5.88 Å². The molecule has 0 spiro atoms. The van der Waals surface area contributed by atoms with Gasteiger partial charge in [0, 0.05) is 49.1 Å². The lowest BCUT2D eigenvalue weighted by Crippen LogP contribution is -2.38. The molecular formula is C26H31FN8O3. The molecule has 1 saturated heterocycles. The van der Waals surface area contributed by atoms with Crippen molar-refractivity contribution in [2.75, 3.05) is 50.1 Å². The molecule has 0 amide bonds. The van der Waals surface area contributed by atoms with E-state index in [2.05, 4.69) is 54.7 Å². The number of morpholine rings is 1. The van der Waals surface area contributed by atoms with E-state index in [0.29, 0.717) is 54.0 Å². The number of hydrogen-bond donors (Lipinski definition) is 3. The molecule has 4 heterocycles. The van der Waals surface area contributed by atoms with Crippen LogP contribution in [0, 0.1) is 5.82 Å². The minimum absolute atomic E-state index is 0.296. The molecule has 0 unspecified atom stereocenters. The fourth-order valence-electron chi connectivity index (χ4n) is 3.89. The van der Waals surface area contributed by atoms with E-state index in [0.717, 1.165) is 44.1 Å². The van der Waals surface area contributed by atoms with E-state index in [1.165, 1.54) is 12.1 Å². The highest BCUT2D eigenvalue weighted by Gasteiger charge is 2.13. The Bertz CT molecular complexity index is 1320. The highest BCUT2D eigenvalue weighted by atomic mass is 19.1. The summed E-state index contributed by atoms with van der Waals surface area (Å²) in [6, 6.07) is 11.6. The highest BCUT2D eigenvalue weighted by Crippen LogP contribution is 2.23. The predicted octanol–water partition coefficient (Wildman–Crippen LogP) is 4.18. The number of benzene rings is 1. The van der Waals surface area contributed by atoms with Crippen molar-refractivity contribution in [2.45, 2.75) is 26.3 Å². The summed E-state index contributed by atoms with van der Waals surface area (Å²) in [5.41, 5.74) is 2.40. The molecule has 1 aromatic carbocycles. The first-order valence-corrected chi connectivity index (χ1v) is 12.6. The number of H-pyrrole nitrogens is 1. The third-order valence-corrected chi connectivity index (χ3v) is 6.06. The van der Waals surface area contributed by atoms with E-state index in [4.69, 9.17) is 14.0 Å². The van der Waals surface area contributed by atoms with Gasteiger partial charge in [-0.25, -0.2) is 4.39 Å². The topological polar surface area (TPSA) is 126 Å². The highest BCUT2D eigenvalue weighted by molar-refractivity contribution is 5.59. The second kappa shape index (κ2) is 12.0. The summed E-state index contributed by atoms with van der Waals surface area (Å²) < 4.78 is 30.1. The first-order chi connectivity index (χ1) is 18.5. The summed E-state index contributed by atoms with van der Waals surface area (Å²) in [6.07, 6.45) is 0. The Morgan fingerprint density at radius 1 is 1.08 bits per heavy atom. The first-order valence-electron chi connectivity index (χ1n) is 12.6. The van der Waals surface area contributed by atoms with Gasteiger partial charge in [0.15, 0.2) is 11.6 Å². The quantitative estimate of drug-likeness (QED) is 0.264. The summed E-state index contributed by atoms with van der Waals surface area (Å²) in [5.74, 6) is 2.57. The first kappa shape index (κ1) is 25.6. The monoisotopic (exact) mass is 522 g/mol. The summed E-state index contributed by atoms with van der Waals surface area (Å²) in [5, 5.41) is 17.8. The molecule has 0 saturated carbocycles. The minimum Gasteiger partial charge on any atom is -0.476 e. The van der Waals surface area contributed by atoms with Crippen LogP contribution in [0.1, 0.15) is 31.2 Å². The smallest absolute Gasteiger partial charge is 0.228 e. The van der Waals surface area contributed by atoms with Crippen LogP contribution in [-0.2, 0) is 11.3 Å². The minimum atomic E-state index is -0.303. The zero-order chi connectivity index (χ0) is 26.3. The summed E-state index contributed by atoms with van der Waals surface area (Å²) in [4.78, 5) is 11.4. The van der Waals surface area contributed by atoms with E-state index >= 15 is 0 Å². The maximum atomic E-state index is 13.2. The van der Waals surface area contributed by atoms with Crippen molar-refractivity contribution in [1.82, 2.24) is 30.2 Å². The van der Waals surface area contributed by atoms with Gasteiger partial charge in [-0.3, -0.25) is 10.00 Å². The molecular weight excluding hydrogens is 491 g/mol. The van der Waals surface area contributed by atoms with Crippen LogP contribution in [0.25, 0.3) is 11.3 Å². The van der Waals surface area contributed by atoms with Crippen LogP contribution in [0.3, 0.4) is 0 Å². The van der Waals surface area contributed by atoms with Gasteiger partial charge in [0.25, 0.3) is 0 Å². The summed E-state index contributed by atoms with van der Waals surface area (Å²) >= 11 is 0. The van der Waals surface area contributed by atoms with Gasteiger partial charge in [-0.05, 0) is 30.2 Å². The van der Waals surface area contributed by atoms with E-state index in [9.17, 15) is 4.39 Å². The fraction of sp³-hybridized carbons (Fsp3) is 0.385. The Hall–Kier alpha value is -4.03. The number of ether oxygens (including phenoxy) is 2. The maximum Gasteiger partial charge on any atom is 0.228 e. The molecule has 11 nitrogen and oxygen atoms in total. The predicted molar refractivity (Wildman–Crippen MR) is 140 cm³/mol. The largest absolute Gasteiger partial charge is 0.476 e. The molecule has 38 heavy (non-hydrogen) atoms. The second-order valence-corrected chi connectivity index (χ2v) is 9.24. The van der Waals surface area contributed by atoms with Crippen LogP contribution in [0.4, 0.5) is 22.0 Å². The van der Waals surface area contributed by atoms with Crippen molar-refractivity contribution in [3.63, 3.8) is 0 Å². The number of rotatable bonds is 11. The number of halogens is 1. The normalized spacial score (nSPS) is 14.1. The Morgan fingerprint density at radius 3 is 2.66 bits per heavy atom. The number of anilines is 3. The van der Waals surface area contributed by atoms with Crippen molar-refractivity contribution < 1.29 is 18.4 Å². The van der Waals surface area contributed by atoms with Crippen molar-refractivity contribution >= 4 is 17.6 Å². The van der Waals surface area contributed by atoms with Gasteiger partial charge in [0.2, 0.25) is 11.8 Å². The lowest BCUT2D eigenvalue weighted by atomic mass is 10.1. The molecule has 1 aliphatic rings. The molecule has 12 heteroatoms. The molecule has 1 aliphatic heterocycles. The van der Waals surface area contributed by atoms with Crippen LogP contribution < -0.4 is 15.4 Å². The Morgan fingerprint density at radius 2 is 1.89 bits per heavy atom. The Kier molecular flexibility index (Phi) is 8.09. The van der Waals surface area contributed by atoms with Gasteiger partial charge in [-0.2, -0.15) is 15.1 Å². The van der Waals surface area contributed by atoms with Gasteiger partial charge >= 0.3 is 0 Å². The number of aromatic amines is 1. The van der Waals surface area contributed by atoms with Crippen LogP contribution in [0.2, 0.25) is 0 Å². The van der Waals surface area contributed by atoms with Gasteiger partial charge < -0.3 is 24.6 Å².